The van der Waals surface area contributed by atoms with E-state index in [1.165, 1.54) is 25.7 Å². The highest BCUT2D eigenvalue weighted by atomic mass is 31.2. The molecule has 106 heavy (non-hydrogen) atoms. The van der Waals surface area contributed by atoms with Crippen molar-refractivity contribution in [1.82, 2.24) is 0 Å². The van der Waals surface area contributed by atoms with E-state index in [1.54, 1.807) is 0 Å². The first kappa shape index (κ1) is 100. The number of hydrogen-bond acceptors (Lipinski definition) is 15. The summed E-state index contributed by atoms with van der Waals surface area (Å²) in [5.74, 6) is -2.38. The summed E-state index contributed by atoms with van der Waals surface area (Å²) < 4.78 is 68.4. The van der Waals surface area contributed by atoms with Gasteiger partial charge in [0.25, 0.3) is 0 Å². The second kappa shape index (κ2) is 77.3. The van der Waals surface area contributed by atoms with E-state index in [0.717, 1.165) is 167 Å². The van der Waals surface area contributed by atoms with Crippen LogP contribution in [-0.2, 0) is 65.4 Å². The predicted molar refractivity (Wildman–Crippen MR) is 436 cm³/mol. The van der Waals surface area contributed by atoms with Gasteiger partial charge >= 0.3 is 39.5 Å². The molecule has 0 saturated carbocycles. The molecular weight excluding hydrogens is 1380 g/mol. The molecule has 5 atom stereocenters. The van der Waals surface area contributed by atoms with Crippen LogP contribution in [0.5, 0.6) is 0 Å². The Bertz CT molecular complexity index is 2730. The lowest BCUT2D eigenvalue weighted by molar-refractivity contribution is -0.161. The third kappa shape index (κ3) is 76.4. The topological polar surface area (TPSA) is 237 Å². The number of rotatable bonds is 73. The third-order valence-electron chi connectivity index (χ3n) is 15.8. The molecule has 17 nitrogen and oxygen atoms in total. The molecule has 0 aromatic rings. The van der Waals surface area contributed by atoms with E-state index in [4.69, 9.17) is 37.0 Å². The summed E-state index contributed by atoms with van der Waals surface area (Å²) in [5, 5.41) is 10.6. The molecule has 0 rings (SSSR count). The second-order valence-corrected chi connectivity index (χ2v) is 28.8. The molecule has 0 aliphatic heterocycles. The maximum atomic E-state index is 13.1. The van der Waals surface area contributed by atoms with E-state index < -0.39 is 97.5 Å². The zero-order valence-corrected chi connectivity index (χ0v) is 67.3. The summed E-state index contributed by atoms with van der Waals surface area (Å²) in [5.41, 5.74) is 0. The lowest BCUT2D eigenvalue weighted by Gasteiger charge is -2.21. The number of hydrogen-bond donors (Lipinski definition) is 3. The molecule has 19 heteroatoms. The highest BCUT2D eigenvalue weighted by Crippen LogP contribution is 2.45. The van der Waals surface area contributed by atoms with Gasteiger partial charge < -0.3 is 33.8 Å². The minimum atomic E-state index is -5.01. The molecule has 0 spiro atoms. The van der Waals surface area contributed by atoms with Crippen molar-refractivity contribution in [3.63, 3.8) is 0 Å². The number of carbonyl (C=O) groups is 4. The average Bonchev–Trinajstić information content (AvgIpc) is 0.901. The molecular formula is C87H140O17P2. The maximum Gasteiger partial charge on any atom is 0.472 e. The normalized spacial score (nSPS) is 14.8. The molecule has 0 aromatic carbocycles. The quantitative estimate of drug-likeness (QED) is 0.0169. The van der Waals surface area contributed by atoms with Crippen LogP contribution in [0.4, 0.5) is 0 Å². The predicted octanol–water partition coefficient (Wildman–Crippen LogP) is 23.6. The molecule has 0 fully saturated rings. The molecule has 0 aliphatic carbocycles. The second-order valence-electron chi connectivity index (χ2n) is 25.9. The van der Waals surface area contributed by atoms with E-state index in [9.17, 15) is 43.2 Å². The number of allylic oxidation sites excluding steroid dienone is 30. The fourth-order valence-corrected chi connectivity index (χ4v) is 11.4. The van der Waals surface area contributed by atoms with Gasteiger partial charge in [0.2, 0.25) is 0 Å². The molecule has 0 saturated heterocycles. The Morgan fingerprint density at radius 1 is 0.274 bits per heavy atom. The Hall–Kier alpha value is -5.84. The van der Waals surface area contributed by atoms with Crippen LogP contribution in [-0.4, -0.2) is 96.7 Å². The Morgan fingerprint density at radius 2 is 0.528 bits per heavy atom. The van der Waals surface area contributed by atoms with Crippen LogP contribution >= 0.6 is 15.6 Å². The fourth-order valence-electron chi connectivity index (χ4n) is 9.80. The summed E-state index contributed by atoms with van der Waals surface area (Å²) in [7, 11) is -10.0. The molecule has 600 valence electrons. The summed E-state index contributed by atoms with van der Waals surface area (Å²) in [6, 6.07) is 0. The summed E-state index contributed by atoms with van der Waals surface area (Å²) in [6.07, 6.45) is 93.3. The first-order valence-corrected chi connectivity index (χ1v) is 43.0. The van der Waals surface area contributed by atoms with Crippen molar-refractivity contribution >= 4 is 39.5 Å². The number of unbranched alkanes of at least 4 members (excludes halogenated alkanes) is 17. The number of ether oxygens (including phenoxy) is 4. The number of phosphoric ester groups is 2. The van der Waals surface area contributed by atoms with E-state index in [1.807, 2.05) is 30.4 Å². The average molecular weight is 1520 g/mol. The van der Waals surface area contributed by atoms with Crippen LogP contribution in [0.1, 0.15) is 285 Å². The van der Waals surface area contributed by atoms with Gasteiger partial charge in [-0.25, -0.2) is 9.13 Å². The minimum absolute atomic E-state index is 0.0254. The van der Waals surface area contributed by atoms with E-state index in [2.05, 4.69) is 180 Å². The van der Waals surface area contributed by atoms with Gasteiger partial charge in [0.15, 0.2) is 12.2 Å². The fraction of sp³-hybridized carbons (Fsp3) is 0.609. The zero-order valence-electron chi connectivity index (χ0n) is 65.5. The van der Waals surface area contributed by atoms with Crippen LogP contribution in [0.2, 0.25) is 0 Å². The first-order valence-electron chi connectivity index (χ1n) is 40.0. The van der Waals surface area contributed by atoms with E-state index in [0.29, 0.717) is 38.5 Å². The van der Waals surface area contributed by atoms with Crippen molar-refractivity contribution < 1.29 is 80.2 Å². The van der Waals surface area contributed by atoms with Crippen LogP contribution in [0, 0.1) is 0 Å². The standard InChI is InChI=1S/C87H140O17P2/c1-5-9-13-17-21-25-29-32-35-38-40-43-46-49-53-56-60-64-68-72-85(90)98-78-83(104-87(92)74-70-66-62-58-54-50-47-44-41-39-36-33-30-26-22-18-14-10-6-2)80-102-106(95,96)100-76-81(88)75-99-105(93,94)101-79-82(103-86(91)73-69-65-61-57-51-28-24-20-16-12-8-4)77-97-84(89)71-67-63-59-55-52-48-45-42-37-34-31-27-23-19-15-11-7-3/h9,11,13,15,20-27,32-37,40-41,43-45,48-49,53,55,59-60,64,81-83,88H,5-8,10,12,14,16-19,28-31,38-39,42,46-47,50-52,54,56-58,61-63,65-80H2,1-4H3,(H,93,94)(H,95,96)/b13-9-,15-11-,24-20-,25-21-,26-22-,27-23-,35-32-,36-33-,37-34-,43-40-,44-41-,48-45-,53-49-,59-55-,64-60-. The van der Waals surface area contributed by atoms with Gasteiger partial charge in [-0.2, -0.15) is 0 Å². The van der Waals surface area contributed by atoms with Gasteiger partial charge in [0.05, 0.1) is 26.4 Å². The smallest absolute Gasteiger partial charge is 0.462 e. The van der Waals surface area contributed by atoms with E-state index in [-0.39, 0.29) is 25.7 Å². The van der Waals surface area contributed by atoms with Gasteiger partial charge in [0, 0.05) is 25.7 Å². The van der Waals surface area contributed by atoms with E-state index >= 15 is 0 Å². The number of aliphatic hydroxyl groups excluding tert-OH is 1. The lowest BCUT2D eigenvalue weighted by Crippen LogP contribution is -2.30. The van der Waals surface area contributed by atoms with Crippen molar-refractivity contribution in [1.29, 1.82) is 0 Å². The third-order valence-corrected chi connectivity index (χ3v) is 17.7. The molecule has 5 unspecified atom stereocenters. The Kier molecular flexibility index (Phi) is 73.1. The van der Waals surface area contributed by atoms with Crippen molar-refractivity contribution in [3.05, 3.63) is 182 Å². The van der Waals surface area contributed by atoms with Gasteiger partial charge in [-0.1, -0.05) is 281 Å². The van der Waals surface area contributed by atoms with Crippen LogP contribution in [0.3, 0.4) is 0 Å². The zero-order chi connectivity index (χ0) is 77.4. The number of esters is 4. The maximum absolute atomic E-state index is 13.1. The Labute approximate surface area is 641 Å². The number of carbonyl (C=O) groups excluding carboxylic acids is 4. The number of aliphatic hydroxyl groups is 1. The van der Waals surface area contributed by atoms with Gasteiger partial charge in [-0.05, 0) is 161 Å². The number of phosphoric acid groups is 2. The highest BCUT2D eigenvalue weighted by Gasteiger charge is 2.30. The van der Waals surface area contributed by atoms with Gasteiger partial charge in [0.1, 0.15) is 19.3 Å². The summed E-state index contributed by atoms with van der Waals surface area (Å²) in [4.78, 5) is 73.0. The largest absolute Gasteiger partial charge is 0.472 e. The van der Waals surface area contributed by atoms with Crippen molar-refractivity contribution in [3.8, 4) is 0 Å². The first-order chi connectivity index (χ1) is 51.7. The molecule has 0 heterocycles. The van der Waals surface area contributed by atoms with Gasteiger partial charge in [-0.3, -0.25) is 37.3 Å². The molecule has 0 amide bonds. The van der Waals surface area contributed by atoms with Crippen molar-refractivity contribution in [2.45, 2.75) is 303 Å². The SMILES string of the molecule is CC/C=C\C/C=C\C/C=C\C/C=C\C/C=C\C/C=C\CCC(=O)OCC(COP(=O)(O)OCC(O)COP(=O)(O)OCC(COC(=O)CCC/C=C\C/C=C\C/C=C\C/C=C\C/C=C\CC)OC(=O)CCCCCCC/C=C\CCCC)OC(=O)CCCCCCCC/C=C\C/C=C\C/C=C\CCCCC. The minimum Gasteiger partial charge on any atom is -0.462 e. The van der Waals surface area contributed by atoms with Crippen molar-refractivity contribution in [2.24, 2.45) is 0 Å². The molecule has 0 bridgehead atoms. The van der Waals surface area contributed by atoms with Crippen LogP contribution < -0.4 is 0 Å². The highest BCUT2D eigenvalue weighted by molar-refractivity contribution is 7.47. The summed E-state index contributed by atoms with van der Waals surface area (Å²) >= 11 is 0. The Balaban J connectivity index is 5.49. The van der Waals surface area contributed by atoms with Gasteiger partial charge in [-0.15, -0.1) is 0 Å². The molecule has 0 radical (unpaired) electrons. The molecule has 0 aliphatic rings. The van der Waals surface area contributed by atoms with Crippen molar-refractivity contribution in [2.75, 3.05) is 39.6 Å². The Morgan fingerprint density at radius 3 is 0.877 bits per heavy atom. The molecule has 0 aromatic heterocycles. The lowest BCUT2D eigenvalue weighted by atomic mass is 10.1. The van der Waals surface area contributed by atoms with Crippen LogP contribution in [0.25, 0.3) is 0 Å². The van der Waals surface area contributed by atoms with Crippen LogP contribution in [0.15, 0.2) is 182 Å². The summed E-state index contributed by atoms with van der Waals surface area (Å²) in [6.45, 7) is 4.38. The molecule has 3 N–H and O–H groups in total. The monoisotopic (exact) mass is 1520 g/mol.